The van der Waals surface area contributed by atoms with Crippen LogP contribution in [0.3, 0.4) is 0 Å². The number of fused-ring (bicyclic) bond motifs is 1. The lowest BCUT2D eigenvalue weighted by molar-refractivity contribution is -0.274. The van der Waals surface area contributed by atoms with E-state index in [2.05, 4.69) is 4.74 Å². The van der Waals surface area contributed by atoms with Crippen LogP contribution in [0.4, 0.5) is 18.9 Å². The number of hydrogen-bond donors (Lipinski definition) is 2. The van der Waals surface area contributed by atoms with E-state index in [1.165, 1.54) is 12.1 Å². The number of anilines is 1. The quantitative estimate of drug-likeness (QED) is 0.835. The zero-order valence-electron chi connectivity index (χ0n) is 12.8. The summed E-state index contributed by atoms with van der Waals surface area (Å²) in [6.45, 7) is 0. The number of nitrogen functional groups attached to an aromatic ring is 1. The molecule has 1 unspecified atom stereocenters. The second-order valence-corrected chi connectivity index (χ2v) is 5.94. The number of halogens is 3. The standard InChI is InChI=1S/C18H17F3N2O/c19-18(20,21)24-14-8-6-12(7-9-14)11-17(23)10-2-4-13-3-1-5-15(22)16(13)17/h1-9H,10-11,22-23H2. The van der Waals surface area contributed by atoms with Crippen molar-refractivity contribution in [3.8, 4) is 5.75 Å². The molecular formula is C18H17F3N2O. The van der Waals surface area contributed by atoms with Crippen molar-refractivity contribution in [3.05, 3.63) is 65.2 Å². The lowest BCUT2D eigenvalue weighted by Gasteiger charge is -2.34. The summed E-state index contributed by atoms with van der Waals surface area (Å²) in [7, 11) is 0. The molecule has 3 rings (SSSR count). The van der Waals surface area contributed by atoms with Gasteiger partial charge in [-0.25, -0.2) is 0 Å². The fourth-order valence-corrected chi connectivity index (χ4v) is 3.13. The van der Waals surface area contributed by atoms with Crippen molar-refractivity contribution in [2.24, 2.45) is 5.73 Å². The van der Waals surface area contributed by atoms with Gasteiger partial charge < -0.3 is 16.2 Å². The van der Waals surface area contributed by atoms with Gasteiger partial charge in [0.15, 0.2) is 0 Å². The van der Waals surface area contributed by atoms with Gasteiger partial charge in [-0.2, -0.15) is 0 Å². The minimum atomic E-state index is -4.70. The van der Waals surface area contributed by atoms with Gasteiger partial charge >= 0.3 is 6.36 Å². The predicted molar refractivity (Wildman–Crippen MR) is 87.2 cm³/mol. The molecule has 1 atom stereocenters. The largest absolute Gasteiger partial charge is 0.573 e. The topological polar surface area (TPSA) is 61.3 Å². The van der Waals surface area contributed by atoms with Crippen molar-refractivity contribution in [1.82, 2.24) is 0 Å². The first-order valence-electron chi connectivity index (χ1n) is 7.46. The second-order valence-electron chi connectivity index (χ2n) is 5.94. The van der Waals surface area contributed by atoms with Gasteiger partial charge in [-0.1, -0.05) is 36.4 Å². The third kappa shape index (κ3) is 3.38. The molecular weight excluding hydrogens is 317 g/mol. The molecule has 0 aliphatic heterocycles. The van der Waals surface area contributed by atoms with Crippen LogP contribution in [0.2, 0.25) is 0 Å². The number of nitrogens with two attached hydrogens (primary N) is 2. The summed E-state index contributed by atoms with van der Waals surface area (Å²) in [5, 5.41) is 0. The van der Waals surface area contributed by atoms with Crippen molar-refractivity contribution >= 4 is 11.8 Å². The highest BCUT2D eigenvalue weighted by Crippen LogP contribution is 2.38. The molecule has 3 nitrogen and oxygen atoms in total. The summed E-state index contributed by atoms with van der Waals surface area (Å²) in [4.78, 5) is 0. The smallest absolute Gasteiger partial charge is 0.406 e. The molecule has 1 aliphatic carbocycles. The van der Waals surface area contributed by atoms with E-state index in [1.807, 2.05) is 24.3 Å². The fourth-order valence-electron chi connectivity index (χ4n) is 3.13. The molecule has 0 spiro atoms. The lowest BCUT2D eigenvalue weighted by atomic mass is 9.76. The molecule has 1 aliphatic rings. The minimum absolute atomic E-state index is 0.249. The molecule has 0 amide bonds. The van der Waals surface area contributed by atoms with Gasteiger partial charge in [0, 0.05) is 11.3 Å². The van der Waals surface area contributed by atoms with Crippen LogP contribution in [0, 0.1) is 0 Å². The number of alkyl halides is 3. The molecule has 6 heteroatoms. The van der Waals surface area contributed by atoms with E-state index in [4.69, 9.17) is 11.5 Å². The second kappa shape index (κ2) is 5.87. The molecule has 0 bridgehead atoms. The van der Waals surface area contributed by atoms with Crippen LogP contribution in [0.25, 0.3) is 6.08 Å². The van der Waals surface area contributed by atoms with E-state index >= 15 is 0 Å². The Hall–Kier alpha value is -2.47. The zero-order valence-corrected chi connectivity index (χ0v) is 12.8. The Labute approximate surface area is 137 Å². The Morgan fingerprint density at radius 2 is 1.79 bits per heavy atom. The van der Waals surface area contributed by atoms with E-state index < -0.39 is 11.9 Å². The van der Waals surface area contributed by atoms with E-state index in [0.717, 1.165) is 16.7 Å². The summed E-state index contributed by atoms with van der Waals surface area (Å²) in [6, 6.07) is 11.4. The molecule has 2 aromatic carbocycles. The summed E-state index contributed by atoms with van der Waals surface area (Å²) in [5.41, 5.74) is 15.3. The van der Waals surface area contributed by atoms with Gasteiger partial charge in [0.1, 0.15) is 5.75 Å². The lowest BCUT2D eigenvalue weighted by Crippen LogP contribution is -2.41. The number of hydrogen-bond acceptors (Lipinski definition) is 3. The van der Waals surface area contributed by atoms with Gasteiger partial charge in [0.25, 0.3) is 0 Å². The summed E-state index contributed by atoms with van der Waals surface area (Å²) >= 11 is 0. The SMILES string of the molecule is Nc1cccc2c1C(N)(Cc1ccc(OC(F)(F)F)cc1)CC=C2. The van der Waals surface area contributed by atoms with Crippen LogP contribution < -0.4 is 16.2 Å². The van der Waals surface area contributed by atoms with Crippen LogP contribution in [-0.4, -0.2) is 6.36 Å². The monoisotopic (exact) mass is 334 g/mol. The third-order valence-corrected chi connectivity index (χ3v) is 4.08. The first-order valence-corrected chi connectivity index (χ1v) is 7.46. The van der Waals surface area contributed by atoms with Gasteiger partial charge in [0.2, 0.25) is 0 Å². The third-order valence-electron chi connectivity index (χ3n) is 4.08. The van der Waals surface area contributed by atoms with Crippen LogP contribution in [0.5, 0.6) is 5.75 Å². The average Bonchev–Trinajstić information content (AvgIpc) is 2.48. The van der Waals surface area contributed by atoms with Crippen molar-refractivity contribution in [3.63, 3.8) is 0 Å². The highest BCUT2D eigenvalue weighted by atomic mass is 19.4. The normalized spacial score (nSPS) is 19.8. The van der Waals surface area contributed by atoms with Crippen LogP contribution in [-0.2, 0) is 12.0 Å². The Morgan fingerprint density at radius 1 is 1.08 bits per heavy atom. The van der Waals surface area contributed by atoms with E-state index in [-0.39, 0.29) is 5.75 Å². The van der Waals surface area contributed by atoms with Gasteiger partial charge in [0.05, 0.1) is 5.54 Å². The molecule has 0 fully saturated rings. The van der Waals surface area contributed by atoms with Crippen molar-refractivity contribution in [2.75, 3.05) is 5.73 Å². The molecule has 0 heterocycles. The van der Waals surface area contributed by atoms with E-state index in [1.54, 1.807) is 18.2 Å². The van der Waals surface area contributed by atoms with Crippen LogP contribution in [0.1, 0.15) is 23.1 Å². The molecule has 0 aromatic heterocycles. The van der Waals surface area contributed by atoms with Crippen molar-refractivity contribution in [1.29, 1.82) is 0 Å². The van der Waals surface area contributed by atoms with Crippen LogP contribution >= 0.6 is 0 Å². The summed E-state index contributed by atoms with van der Waals surface area (Å²) in [6.07, 6.45) is 0.345. The maximum atomic E-state index is 12.2. The highest BCUT2D eigenvalue weighted by Gasteiger charge is 2.33. The first-order chi connectivity index (χ1) is 11.3. The number of benzene rings is 2. The Balaban J connectivity index is 1.85. The van der Waals surface area contributed by atoms with Gasteiger partial charge in [-0.05, 0) is 42.2 Å². The van der Waals surface area contributed by atoms with Crippen LogP contribution in [0.15, 0.2) is 48.5 Å². The maximum Gasteiger partial charge on any atom is 0.573 e. The molecule has 0 saturated heterocycles. The molecule has 0 saturated carbocycles. The van der Waals surface area contributed by atoms with Gasteiger partial charge in [-0.15, -0.1) is 13.2 Å². The number of ether oxygens (including phenoxy) is 1. The predicted octanol–water partition coefficient (Wildman–Crippen LogP) is 3.98. The maximum absolute atomic E-state index is 12.2. The fraction of sp³-hybridized carbons (Fsp3) is 0.222. The minimum Gasteiger partial charge on any atom is -0.406 e. The summed E-state index contributed by atoms with van der Waals surface area (Å²) in [5.74, 6) is -0.249. The highest BCUT2D eigenvalue weighted by molar-refractivity contribution is 5.68. The number of rotatable bonds is 3. The molecule has 4 N–H and O–H groups in total. The van der Waals surface area contributed by atoms with E-state index in [9.17, 15) is 13.2 Å². The van der Waals surface area contributed by atoms with Gasteiger partial charge in [-0.3, -0.25) is 0 Å². The van der Waals surface area contributed by atoms with Crippen molar-refractivity contribution in [2.45, 2.75) is 24.7 Å². The molecule has 24 heavy (non-hydrogen) atoms. The Morgan fingerprint density at radius 3 is 2.46 bits per heavy atom. The van der Waals surface area contributed by atoms with E-state index in [0.29, 0.717) is 18.5 Å². The molecule has 0 radical (unpaired) electrons. The summed E-state index contributed by atoms with van der Waals surface area (Å²) < 4.78 is 40.5. The Kier molecular flexibility index (Phi) is 4.01. The molecule has 2 aromatic rings. The first kappa shape index (κ1) is 16.4. The molecule has 126 valence electrons. The Bertz CT molecular complexity index is 769. The zero-order chi connectivity index (χ0) is 17.4. The van der Waals surface area contributed by atoms with Crippen molar-refractivity contribution < 1.29 is 17.9 Å². The average molecular weight is 334 g/mol.